The highest BCUT2D eigenvalue weighted by atomic mass is 32.2. The normalized spacial score (nSPS) is 25.8. The molecule has 0 aliphatic carbocycles. The lowest BCUT2D eigenvalue weighted by Crippen LogP contribution is -2.47. The zero-order chi connectivity index (χ0) is 24.4. The van der Waals surface area contributed by atoms with Gasteiger partial charge in [0.25, 0.3) is 0 Å². The summed E-state index contributed by atoms with van der Waals surface area (Å²) in [5, 5.41) is 25.7. The number of anilines is 4. The number of nitrogens with one attached hydrogen (secondary N) is 2. The van der Waals surface area contributed by atoms with E-state index in [1.165, 1.54) is 11.3 Å². The predicted molar refractivity (Wildman–Crippen MR) is 135 cm³/mol. The molecule has 35 heavy (non-hydrogen) atoms. The topological polar surface area (TPSA) is 147 Å². The maximum atomic E-state index is 11.9. The molecule has 1 unspecified atom stereocenters. The van der Waals surface area contributed by atoms with E-state index in [2.05, 4.69) is 31.6 Å². The molecular weight excluding hydrogens is 488 g/mol. The molecule has 5 rings (SSSR count). The Bertz CT molecular complexity index is 1170. The molecule has 2 bridgehead atoms. The zero-order valence-corrected chi connectivity index (χ0v) is 21.1. The molecule has 0 amide bonds. The Labute approximate surface area is 209 Å². The Kier molecular flexibility index (Phi) is 7.06. The molecule has 188 valence electrons. The third-order valence-corrected chi connectivity index (χ3v) is 9.53. The van der Waals surface area contributed by atoms with E-state index in [1.54, 1.807) is 6.20 Å². The van der Waals surface area contributed by atoms with Crippen LogP contribution in [0.5, 0.6) is 0 Å². The van der Waals surface area contributed by atoms with Crippen molar-refractivity contribution in [3.63, 3.8) is 0 Å². The summed E-state index contributed by atoms with van der Waals surface area (Å²) in [6.45, 7) is 1.55. The van der Waals surface area contributed by atoms with Gasteiger partial charge in [0, 0.05) is 56.4 Å². The molecule has 2 aromatic heterocycles. The van der Waals surface area contributed by atoms with Crippen LogP contribution < -0.4 is 15.5 Å². The van der Waals surface area contributed by atoms with Gasteiger partial charge < -0.3 is 20.6 Å². The average molecular weight is 519 g/mol. The van der Waals surface area contributed by atoms with Gasteiger partial charge >= 0.3 is 0 Å². The Morgan fingerprint density at radius 3 is 2.60 bits per heavy atom. The molecule has 2 aromatic rings. The summed E-state index contributed by atoms with van der Waals surface area (Å²) in [4.78, 5) is 19.0. The molecule has 5 heterocycles. The minimum absolute atomic E-state index is 0.0706. The third kappa shape index (κ3) is 5.66. The molecule has 0 spiro atoms. The molecule has 3 N–H and O–H groups in total. The number of rotatable bonds is 8. The Hall–Kier alpha value is -2.53. The van der Waals surface area contributed by atoms with Gasteiger partial charge in [-0.1, -0.05) is 11.3 Å². The molecule has 11 nitrogen and oxygen atoms in total. The summed E-state index contributed by atoms with van der Waals surface area (Å²) >= 11 is 1.35. The Morgan fingerprint density at radius 1 is 1.20 bits per heavy atom. The quantitative estimate of drug-likeness (QED) is 0.469. The number of nitriles is 1. The molecule has 3 aliphatic rings. The number of thiazole rings is 1. The van der Waals surface area contributed by atoms with Crippen molar-refractivity contribution in [3.05, 3.63) is 17.1 Å². The van der Waals surface area contributed by atoms with Crippen LogP contribution in [0.4, 0.5) is 22.7 Å². The SMILES string of the molecule is N#CCCN1[C@@H]2CC[C@H]1CC(Nc1nc(Nc3ncc(CO)s3)cc(N3CCS(=O)(=O)CC3)n1)C2. The Balaban J connectivity index is 1.35. The smallest absolute Gasteiger partial charge is 0.226 e. The van der Waals surface area contributed by atoms with Crippen molar-refractivity contribution in [2.75, 3.05) is 46.7 Å². The summed E-state index contributed by atoms with van der Waals surface area (Å²) in [6.07, 6.45) is 6.45. The van der Waals surface area contributed by atoms with Gasteiger partial charge in [0.15, 0.2) is 15.0 Å². The van der Waals surface area contributed by atoms with Gasteiger partial charge in [-0.15, -0.1) is 0 Å². The monoisotopic (exact) mass is 518 g/mol. The second kappa shape index (κ2) is 10.2. The number of hydrogen-bond donors (Lipinski definition) is 3. The number of aliphatic hydroxyl groups is 1. The van der Waals surface area contributed by atoms with Gasteiger partial charge in [-0.3, -0.25) is 4.90 Å². The highest BCUT2D eigenvalue weighted by Gasteiger charge is 2.40. The fourth-order valence-electron chi connectivity index (χ4n) is 5.33. The highest BCUT2D eigenvalue weighted by Crippen LogP contribution is 2.37. The van der Waals surface area contributed by atoms with Crippen molar-refractivity contribution in [1.29, 1.82) is 5.26 Å². The first kappa shape index (κ1) is 24.2. The zero-order valence-electron chi connectivity index (χ0n) is 19.4. The van der Waals surface area contributed by atoms with Crippen molar-refractivity contribution in [3.8, 4) is 6.07 Å². The first-order chi connectivity index (χ1) is 16.9. The van der Waals surface area contributed by atoms with Gasteiger partial charge in [0.1, 0.15) is 11.6 Å². The van der Waals surface area contributed by atoms with E-state index in [0.29, 0.717) is 54.3 Å². The van der Waals surface area contributed by atoms with Gasteiger partial charge in [0.05, 0.1) is 29.1 Å². The summed E-state index contributed by atoms with van der Waals surface area (Å²) < 4.78 is 23.8. The van der Waals surface area contributed by atoms with Crippen LogP contribution in [-0.2, 0) is 16.4 Å². The van der Waals surface area contributed by atoms with E-state index in [9.17, 15) is 13.5 Å². The van der Waals surface area contributed by atoms with Crippen LogP contribution >= 0.6 is 11.3 Å². The number of aromatic nitrogens is 3. The number of sulfone groups is 1. The molecule has 0 radical (unpaired) electrons. The summed E-state index contributed by atoms with van der Waals surface area (Å²) in [7, 11) is -3.01. The second-order valence-corrected chi connectivity index (χ2v) is 12.8. The maximum Gasteiger partial charge on any atom is 0.226 e. The maximum absolute atomic E-state index is 11.9. The van der Waals surface area contributed by atoms with Crippen molar-refractivity contribution in [2.24, 2.45) is 0 Å². The molecule has 3 saturated heterocycles. The molecule has 3 aliphatic heterocycles. The largest absolute Gasteiger partial charge is 0.391 e. The summed E-state index contributed by atoms with van der Waals surface area (Å²) in [6, 6.07) is 5.26. The molecular formula is C22H30N8O3S2. The van der Waals surface area contributed by atoms with Gasteiger partial charge in [0.2, 0.25) is 5.95 Å². The molecule has 3 fully saturated rings. The van der Waals surface area contributed by atoms with E-state index in [4.69, 9.17) is 10.2 Å². The van der Waals surface area contributed by atoms with E-state index in [1.807, 2.05) is 11.0 Å². The molecule has 3 atom stereocenters. The van der Waals surface area contributed by atoms with Crippen LogP contribution in [-0.4, -0.2) is 82.6 Å². The van der Waals surface area contributed by atoms with Crippen molar-refractivity contribution >= 4 is 43.9 Å². The standard InChI is InChI=1S/C22H30N8O3S2/c23-4-1-5-30-16-2-3-17(30)11-15(10-16)25-21-26-19(27-22-24-13-18(14-31)34-22)12-20(28-21)29-6-8-35(32,33)9-7-29/h12-13,15-17,31H,1-3,5-11,14H2,(H2,24,25,26,27,28)/t15?,16-,17+. The van der Waals surface area contributed by atoms with E-state index < -0.39 is 9.84 Å². The molecule has 0 saturated carbocycles. The lowest BCUT2D eigenvalue weighted by molar-refractivity contribution is 0.135. The highest BCUT2D eigenvalue weighted by molar-refractivity contribution is 7.91. The first-order valence-electron chi connectivity index (χ1n) is 12.0. The average Bonchev–Trinajstić information content (AvgIpc) is 3.38. The first-order valence-corrected chi connectivity index (χ1v) is 14.6. The lowest BCUT2D eigenvalue weighted by atomic mass is 9.97. The number of piperidine rings is 1. The van der Waals surface area contributed by atoms with Crippen LogP contribution in [0.25, 0.3) is 0 Å². The minimum Gasteiger partial charge on any atom is -0.391 e. The van der Waals surface area contributed by atoms with Crippen molar-refractivity contribution in [2.45, 2.75) is 56.8 Å². The summed E-state index contributed by atoms with van der Waals surface area (Å²) in [5.74, 6) is 1.97. The number of nitrogens with zero attached hydrogens (tertiary/aromatic N) is 6. The number of hydrogen-bond acceptors (Lipinski definition) is 12. The van der Waals surface area contributed by atoms with Crippen LogP contribution in [0.3, 0.4) is 0 Å². The summed E-state index contributed by atoms with van der Waals surface area (Å²) in [5.41, 5.74) is 0. The fraction of sp³-hybridized carbons (Fsp3) is 0.636. The van der Waals surface area contributed by atoms with Crippen LogP contribution in [0.2, 0.25) is 0 Å². The van der Waals surface area contributed by atoms with E-state index in [-0.39, 0.29) is 24.2 Å². The van der Waals surface area contributed by atoms with Gasteiger partial charge in [-0.25, -0.2) is 13.4 Å². The number of fused-ring (bicyclic) bond motifs is 2. The fourth-order valence-corrected chi connectivity index (χ4v) is 7.21. The number of aliphatic hydroxyl groups excluding tert-OH is 1. The lowest BCUT2D eigenvalue weighted by Gasteiger charge is -2.39. The predicted octanol–water partition coefficient (Wildman–Crippen LogP) is 1.72. The molecule has 13 heteroatoms. The van der Waals surface area contributed by atoms with Gasteiger partial charge in [-0.05, 0) is 25.7 Å². The van der Waals surface area contributed by atoms with Crippen LogP contribution in [0, 0.1) is 11.3 Å². The third-order valence-electron chi connectivity index (χ3n) is 7.02. The van der Waals surface area contributed by atoms with E-state index >= 15 is 0 Å². The van der Waals surface area contributed by atoms with E-state index in [0.717, 1.165) is 37.1 Å². The second-order valence-electron chi connectivity index (χ2n) is 9.33. The minimum atomic E-state index is -3.01. The van der Waals surface area contributed by atoms with Crippen molar-refractivity contribution < 1.29 is 13.5 Å². The Morgan fingerprint density at radius 2 is 1.94 bits per heavy atom. The van der Waals surface area contributed by atoms with Crippen LogP contribution in [0.15, 0.2) is 12.3 Å². The molecule has 0 aromatic carbocycles. The van der Waals surface area contributed by atoms with Crippen LogP contribution in [0.1, 0.15) is 37.0 Å². The van der Waals surface area contributed by atoms with Gasteiger partial charge in [-0.2, -0.15) is 15.2 Å². The van der Waals surface area contributed by atoms with Crippen molar-refractivity contribution in [1.82, 2.24) is 19.9 Å².